The van der Waals surface area contributed by atoms with Crippen molar-refractivity contribution in [1.82, 2.24) is 14.8 Å². The molecule has 0 saturated heterocycles. The fourth-order valence-electron chi connectivity index (χ4n) is 2.10. The molecule has 2 N–H and O–H groups in total. The van der Waals surface area contributed by atoms with E-state index in [-0.39, 0.29) is 0 Å². The Balaban J connectivity index is 2.76. The van der Waals surface area contributed by atoms with E-state index in [1.165, 1.54) is 0 Å². The van der Waals surface area contributed by atoms with Crippen LogP contribution in [0.2, 0.25) is 0 Å². The Labute approximate surface area is 148 Å². The van der Waals surface area contributed by atoms with E-state index in [1.807, 2.05) is 0 Å². The molecular formula is C11H8F9N5O3. The third kappa shape index (κ3) is 2.59. The monoisotopic (exact) mass is 429 g/mol. The standard InChI is InChI=1S/C11H8F9N5O3/c1-2-28-5(26)4-7(27,25-6(24-23-4)21-3-22-25)8(12,13)9(14,15)10(16,17)11(18,19)20/h3,27H,2H2,1H3,(H,21,22,24). The lowest BCUT2D eigenvalue weighted by Gasteiger charge is -2.42. The minimum atomic E-state index is -7.33. The molecule has 1 unspecified atom stereocenters. The first-order valence-corrected chi connectivity index (χ1v) is 6.91. The van der Waals surface area contributed by atoms with Gasteiger partial charge in [-0.05, 0) is 6.92 Å². The number of hydrogen-bond acceptors (Lipinski definition) is 7. The van der Waals surface area contributed by atoms with E-state index in [2.05, 4.69) is 19.9 Å². The van der Waals surface area contributed by atoms with Gasteiger partial charge in [-0.25, -0.2) is 10.2 Å². The number of carbonyl (C=O) groups excluding carboxylic acids is 1. The molecule has 158 valence electrons. The molecular weight excluding hydrogens is 421 g/mol. The van der Waals surface area contributed by atoms with Crippen molar-refractivity contribution in [3.63, 3.8) is 0 Å². The third-order valence-corrected chi connectivity index (χ3v) is 3.50. The van der Waals surface area contributed by atoms with Crippen molar-refractivity contribution >= 4 is 17.6 Å². The zero-order valence-electron chi connectivity index (χ0n) is 13.2. The first-order valence-electron chi connectivity index (χ1n) is 6.91. The highest BCUT2D eigenvalue weighted by Crippen LogP contribution is 2.57. The van der Waals surface area contributed by atoms with Gasteiger partial charge >= 0.3 is 29.9 Å². The van der Waals surface area contributed by atoms with Crippen LogP contribution in [0.5, 0.6) is 0 Å². The molecule has 8 nitrogen and oxygen atoms in total. The molecule has 1 aromatic heterocycles. The maximum Gasteiger partial charge on any atom is 0.460 e. The zero-order valence-corrected chi connectivity index (χ0v) is 13.2. The number of anilines is 1. The van der Waals surface area contributed by atoms with Gasteiger partial charge in [-0.3, -0.25) is 0 Å². The summed E-state index contributed by atoms with van der Waals surface area (Å²) in [6.45, 7) is 0.526. The normalized spacial score (nSPS) is 20.9. The third-order valence-electron chi connectivity index (χ3n) is 3.50. The SMILES string of the molecule is CCOC(=O)C1=NNc2ncnn2C1(O)C(F)(F)C(F)(F)C(F)(F)C(F)(F)F. The van der Waals surface area contributed by atoms with Crippen molar-refractivity contribution in [3.05, 3.63) is 6.33 Å². The smallest absolute Gasteiger partial charge is 0.460 e. The number of aromatic nitrogens is 3. The molecule has 0 bridgehead atoms. The van der Waals surface area contributed by atoms with Crippen LogP contribution >= 0.6 is 0 Å². The van der Waals surface area contributed by atoms with Gasteiger partial charge in [0.2, 0.25) is 11.7 Å². The molecule has 1 aromatic rings. The van der Waals surface area contributed by atoms with E-state index in [9.17, 15) is 49.4 Å². The minimum absolute atomic E-state index is 0.340. The summed E-state index contributed by atoms with van der Waals surface area (Å²) in [4.78, 5) is 14.9. The molecule has 28 heavy (non-hydrogen) atoms. The van der Waals surface area contributed by atoms with Crippen LogP contribution in [0.4, 0.5) is 45.5 Å². The highest BCUT2D eigenvalue weighted by Gasteiger charge is 2.88. The van der Waals surface area contributed by atoms with Crippen LogP contribution in [0.3, 0.4) is 0 Å². The lowest BCUT2D eigenvalue weighted by atomic mass is 9.90. The first-order chi connectivity index (χ1) is 12.6. The predicted octanol–water partition coefficient (Wildman–Crippen LogP) is 1.74. The van der Waals surface area contributed by atoms with Crippen LogP contribution in [0.25, 0.3) is 0 Å². The van der Waals surface area contributed by atoms with E-state index in [1.54, 1.807) is 5.43 Å². The second-order valence-electron chi connectivity index (χ2n) is 5.18. The summed E-state index contributed by atoms with van der Waals surface area (Å²) in [5.74, 6) is -24.4. The molecule has 0 fully saturated rings. The van der Waals surface area contributed by atoms with Crippen LogP contribution in [-0.2, 0) is 15.3 Å². The largest absolute Gasteiger partial charge is 0.461 e. The minimum Gasteiger partial charge on any atom is -0.461 e. The Morgan fingerprint density at radius 2 is 1.75 bits per heavy atom. The summed E-state index contributed by atoms with van der Waals surface area (Å²) in [7, 11) is 0. The van der Waals surface area contributed by atoms with E-state index >= 15 is 0 Å². The lowest BCUT2D eigenvalue weighted by Crippen LogP contribution is -2.72. The fraction of sp³-hybridized carbons (Fsp3) is 0.636. The number of fused-ring (bicyclic) bond motifs is 1. The molecule has 2 heterocycles. The van der Waals surface area contributed by atoms with E-state index in [0.717, 1.165) is 6.92 Å². The van der Waals surface area contributed by atoms with Gasteiger partial charge in [-0.15, -0.1) is 0 Å². The average molecular weight is 429 g/mol. The van der Waals surface area contributed by atoms with Crippen molar-refractivity contribution in [2.75, 3.05) is 12.0 Å². The number of carbonyl (C=O) groups is 1. The van der Waals surface area contributed by atoms with Gasteiger partial charge in [0, 0.05) is 0 Å². The summed E-state index contributed by atoms with van der Waals surface area (Å²) in [5, 5.41) is 15.9. The number of halogens is 9. The van der Waals surface area contributed by atoms with Crippen molar-refractivity contribution in [2.24, 2.45) is 5.10 Å². The molecule has 17 heteroatoms. The van der Waals surface area contributed by atoms with Crippen LogP contribution < -0.4 is 5.43 Å². The highest BCUT2D eigenvalue weighted by molar-refractivity contribution is 6.39. The number of hydrogen-bond donors (Lipinski definition) is 2. The molecule has 0 amide bonds. The van der Waals surface area contributed by atoms with Gasteiger partial charge in [0.1, 0.15) is 6.33 Å². The number of hydrazone groups is 1. The highest BCUT2D eigenvalue weighted by atomic mass is 19.4. The van der Waals surface area contributed by atoms with Gasteiger partial charge in [-0.2, -0.15) is 59.4 Å². The molecule has 2 rings (SSSR count). The van der Waals surface area contributed by atoms with E-state index in [4.69, 9.17) is 0 Å². The summed E-state index contributed by atoms with van der Waals surface area (Å²) in [6.07, 6.45) is -6.80. The second kappa shape index (κ2) is 6.21. The maximum absolute atomic E-state index is 14.5. The van der Waals surface area contributed by atoms with Gasteiger partial charge < -0.3 is 9.84 Å². The molecule has 1 atom stereocenters. The molecule has 0 radical (unpaired) electrons. The Kier molecular flexibility index (Phi) is 4.81. The maximum atomic E-state index is 14.5. The summed E-state index contributed by atoms with van der Waals surface area (Å²) >= 11 is 0. The van der Waals surface area contributed by atoms with Crippen LogP contribution in [0.1, 0.15) is 6.92 Å². The number of aliphatic hydroxyl groups is 1. The molecule has 0 aliphatic carbocycles. The zero-order chi connectivity index (χ0) is 21.8. The van der Waals surface area contributed by atoms with Crippen molar-refractivity contribution in [1.29, 1.82) is 0 Å². The average Bonchev–Trinajstić information content (AvgIpc) is 3.03. The fourth-order valence-corrected chi connectivity index (χ4v) is 2.10. The van der Waals surface area contributed by atoms with Gasteiger partial charge in [-0.1, -0.05) is 0 Å². The van der Waals surface area contributed by atoms with Gasteiger partial charge in [0.15, 0.2) is 0 Å². The van der Waals surface area contributed by atoms with Crippen molar-refractivity contribution in [3.8, 4) is 0 Å². The number of esters is 1. The Morgan fingerprint density at radius 1 is 1.18 bits per heavy atom. The lowest BCUT2D eigenvalue weighted by molar-refractivity contribution is -0.419. The number of rotatable bonds is 5. The van der Waals surface area contributed by atoms with Crippen LogP contribution in [0, 0.1) is 0 Å². The van der Waals surface area contributed by atoms with Gasteiger partial charge in [0.05, 0.1) is 6.61 Å². The first kappa shape index (κ1) is 21.7. The number of nitrogens with one attached hydrogen (secondary N) is 1. The molecule has 0 aromatic carbocycles. The van der Waals surface area contributed by atoms with E-state index in [0.29, 0.717) is 6.33 Å². The summed E-state index contributed by atoms with van der Waals surface area (Å²) in [6, 6.07) is 0. The van der Waals surface area contributed by atoms with Crippen LogP contribution in [0.15, 0.2) is 11.4 Å². The number of nitrogens with zero attached hydrogens (tertiary/aromatic N) is 4. The topological polar surface area (TPSA) is 102 Å². The second-order valence-corrected chi connectivity index (χ2v) is 5.18. The van der Waals surface area contributed by atoms with Gasteiger partial charge in [0.25, 0.3) is 5.72 Å². The number of ether oxygens (including phenoxy) is 1. The molecule has 1 aliphatic heterocycles. The number of alkyl halides is 9. The van der Waals surface area contributed by atoms with Crippen LogP contribution in [-0.4, -0.2) is 62.1 Å². The summed E-state index contributed by atoms with van der Waals surface area (Å²) < 4.78 is 124. The van der Waals surface area contributed by atoms with Crippen molar-refractivity contribution < 1.29 is 54.2 Å². The van der Waals surface area contributed by atoms with E-state index < -0.39 is 58.6 Å². The Morgan fingerprint density at radius 3 is 2.25 bits per heavy atom. The molecule has 0 spiro atoms. The predicted molar refractivity (Wildman–Crippen MR) is 68.8 cm³/mol. The van der Waals surface area contributed by atoms with Crippen molar-refractivity contribution in [2.45, 2.75) is 36.6 Å². The quantitative estimate of drug-likeness (QED) is 0.546. The molecule has 0 saturated carbocycles. The Bertz CT molecular complexity index is 806. The summed E-state index contributed by atoms with van der Waals surface area (Å²) in [5.41, 5.74) is -5.27. The molecule has 1 aliphatic rings. The Hall–Kier alpha value is -2.59.